The second kappa shape index (κ2) is 11.1. The molecule has 8 heteroatoms. The lowest BCUT2D eigenvalue weighted by Crippen LogP contribution is -2.50. The zero-order chi connectivity index (χ0) is 25.9. The minimum atomic E-state index is -1.52. The van der Waals surface area contributed by atoms with Crippen LogP contribution in [-0.2, 0) is 4.79 Å². The van der Waals surface area contributed by atoms with Crippen LogP contribution in [0.5, 0.6) is 0 Å². The zero-order valence-corrected chi connectivity index (χ0v) is 20.7. The van der Waals surface area contributed by atoms with E-state index in [9.17, 15) is 23.1 Å². The van der Waals surface area contributed by atoms with Crippen LogP contribution in [0.1, 0.15) is 42.7 Å². The van der Waals surface area contributed by atoms with Gasteiger partial charge in [-0.05, 0) is 86.0 Å². The summed E-state index contributed by atoms with van der Waals surface area (Å²) in [5.41, 5.74) is 2.64. The fourth-order valence-electron chi connectivity index (χ4n) is 5.99. The number of hydrogen-bond acceptors (Lipinski definition) is 3. The molecule has 0 aliphatic carbocycles. The molecule has 196 valence electrons. The summed E-state index contributed by atoms with van der Waals surface area (Å²) in [6.07, 6.45) is 8.37. The van der Waals surface area contributed by atoms with Crippen LogP contribution in [0.4, 0.5) is 13.2 Å². The van der Waals surface area contributed by atoms with Crippen LogP contribution >= 0.6 is 0 Å². The standard InChI is InChI=1S/C29H32F3N3O2/c30-24-15-19(16-25(31)29(24)32)5-6-28(37)35-13-9-21(10-14-35)27(18-36)34-11-7-20(8-12-34)23-17-33-26-4-2-1-3-22(23)26/h1-6,15-17,20-21,27,33,36H,7-14,18H2/t27-/m0/s1. The fourth-order valence-corrected chi connectivity index (χ4v) is 5.99. The maximum Gasteiger partial charge on any atom is 0.246 e. The van der Waals surface area contributed by atoms with E-state index in [0.717, 1.165) is 50.9 Å². The van der Waals surface area contributed by atoms with Crippen LogP contribution in [0, 0.1) is 23.4 Å². The first kappa shape index (κ1) is 25.5. The molecule has 1 amide bonds. The summed E-state index contributed by atoms with van der Waals surface area (Å²) in [6, 6.07) is 10.2. The van der Waals surface area contributed by atoms with Crippen LogP contribution in [0.3, 0.4) is 0 Å². The molecule has 5 rings (SSSR count). The Labute approximate surface area is 214 Å². The second-order valence-corrected chi connectivity index (χ2v) is 10.1. The molecule has 0 radical (unpaired) electrons. The average molecular weight is 512 g/mol. The van der Waals surface area contributed by atoms with Crippen molar-refractivity contribution in [1.29, 1.82) is 0 Å². The second-order valence-electron chi connectivity index (χ2n) is 10.1. The molecule has 2 aliphatic heterocycles. The third-order valence-corrected chi connectivity index (χ3v) is 8.07. The summed E-state index contributed by atoms with van der Waals surface area (Å²) in [5.74, 6) is -3.54. The number of halogens is 3. The van der Waals surface area contributed by atoms with Gasteiger partial charge in [0.25, 0.3) is 0 Å². The number of fused-ring (bicyclic) bond motifs is 1. The van der Waals surface area contributed by atoms with E-state index in [1.165, 1.54) is 28.6 Å². The number of hydrogen-bond donors (Lipinski definition) is 2. The molecule has 2 saturated heterocycles. The van der Waals surface area contributed by atoms with Gasteiger partial charge in [-0.15, -0.1) is 0 Å². The van der Waals surface area contributed by atoms with Gasteiger partial charge in [-0.3, -0.25) is 9.69 Å². The normalized spacial score (nSPS) is 19.2. The van der Waals surface area contributed by atoms with Crippen molar-refractivity contribution in [2.45, 2.75) is 37.6 Å². The Balaban J connectivity index is 1.14. The van der Waals surface area contributed by atoms with Gasteiger partial charge in [-0.1, -0.05) is 18.2 Å². The lowest BCUT2D eigenvalue weighted by Gasteiger charge is -2.43. The van der Waals surface area contributed by atoms with E-state index < -0.39 is 17.5 Å². The van der Waals surface area contributed by atoms with Gasteiger partial charge >= 0.3 is 0 Å². The van der Waals surface area contributed by atoms with E-state index in [4.69, 9.17) is 0 Å². The summed E-state index contributed by atoms with van der Waals surface area (Å²) in [4.78, 5) is 20.1. The molecule has 0 spiro atoms. The summed E-state index contributed by atoms with van der Waals surface area (Å²) in [7, 11) is 0. The van der Waals surface area contributed by atoms with E-state index in [-0.39, 0.29) is 24.1 Å². The van der Waals surface area contributed by atoms with Crippen LogP contribution < -0.4 is 0 Å². The molecule has 3 aromatic rings. The fraction of sp³-hybridized carbons (Fsp3) is 0.414. The zero-order valence-electron chi connectivity index (χ0n) is 20.7. The predicted octanol–water partition coefficient (Wildman–Crippen LogP) is 5.08. The Kier molecular flexibility index (Phi) is 7.67. The van der Waals surface area contributed by atoms with Gasteiger partial charge in [0.2, 0.25) is 5.91 Å². The van der Waals surface area contributed by atoms with Gasteiger partial charge in [0.1, 0.15) is 0 Å². The van der Waals surface area contributed by atoms with E-state index in [0.29, 0.717) is 24.9 Å². The number of para-hydroxylation sites is 1. The first-order valence-corrected chi connectivity index (χ1v) is 13.0. The Hall–Kier alpha value is -3.10. The number of rotatable bonds is 6. The number of likely N-dealkylation sites (tertiary alicyclic amines) is 2. The third-order valence-electron chi connectivity index (χ3n) is 8.07. The molecule has 0 unspecified atom stereocenters. The lowest BCUT2D eigenvalue weighted by molar-refractivity contribution is -0.127. The molecule has 37 heavy (non-hydrogen) atoms. The predicted molar refractivity (Wildman–Crippen MR) is 137 cm³/mol. The molecule has 0 saturated carbocycles. The van der Waals surface area contributed by atoms with Crippen molar-refractivity contribution in [3.63, 3.8) is 0 Å². The molecule has 2 aromatic carbocycles. The first-order chi connectivity index (χ1) is 17.9. The molecule has 2 aliphatic rings. The summed E-state index contributed by atoms with van der Waals surface area (Å²) >= 11 is 0. The van der Waals surface area contributed by atoms with Gasteiger partial charge < -0.3 is 15.0 Å². The third kappa shape index (κ3) is 5.45. The van der Waals surface area contributed by atoms with Crippen molar-refractivity contribution in [1.82, 2.24) is 14.8 Å². The van der Waals surface area contributed by atoms with E-state index in [2.05, 4.69) is 34.3 Å². The van der Waals surface area contributed by atoms with Crippen LogP contribution in [0.15, 0.2) is 48.7 Å². The topological polar surface area (TPSA) is 59.6 Å². The lowest BCUT2D eigenvalue weighted by atomic mass is 9.84. The van der Waals surface area contributed by atoms with Crippen molar-refractivity contribution in [2.75, 3.05) is 32.8 Å². The number of benzene rings is 2. The number of aliphatic hydroxyl groups is 1. The summed E-state index contributed by atoms with van der Waals surface area (Å²) in [6.45, 7) is 3.08. The number of nitrogens with one attached hydrogen (secondary N) is 1. The quantitative estimate of drug-likeness (QED) is 0.359. The monoisotopic (exact) mass is 511 g/mol. The molecule has 0 bridgehead atoms. The number of carbonyl (C=O) groups excluding carboxylic acids is 1. The van der Waals surface area contributed by atoms with Crippen LogP contribution in [-0.4, -0.2) is 64.6 Å². The highest BCUT2D eigenvalue weighted by atomic mass is 19.2. The average Bonchev–Trinajstić information content (AvgIpc) is 3.36. The van der Waals surface area contributed by atoms with E-state index in [1.54, 1.807) is 4.90 Å². The van der Waals surface area contributed by atoms with Crippen molar-refractivity contribution in [3.8, 4) is 0 Å². The van der Waals surface area contributed by atoms with Crippen LogP contribution in [0.25, 0.3) is 17.0 Å². The van der Waals surface area contributed by atoms with Crippen molar-refractivity contribution in [3.05, 3.63) is 77.2 Å². The van der Waals surface area contributed by atoms with E-state index >= 15 is 0 Å². The highest BCUT2D eigenvalue weighted by Crippen LogP contribution is 2.35. The highest BCUT2D eigenvalue weighted by Gasteiger charge is 2.33. The molecular weight excluding hydrogens is 479 g/mol. The smallest absolute Gasteiger partial charge is 0.246 e. The number of aliphatic hydroxyl groups excluding tert-OH is 1. The van der Waals surface area contributed by atoms with Gasteiger partial charge in [0, 0.05) is 42.3 Å². The SMILES string of the molecule is O=C(C=Cc1cc(F)c(F)c(F)c1)N1CCC([C@H](CO)N2CCC(c3c[nH]c4ccccc34)CC2)CC1. The number of carbonyl (C=O) groups is 1. The largest absolute Gasteiger partial charge is 0.395 e. The van der Waals surface area contributed by atoms with Crippen molar-refractivity contribution >= 4 is 22.9 Å². The Morgan fingerprint density at radius 1 is 1.03 bits per heavy atom. The number of nitrogens with zero attached hydrogens (tertiary/aromatic N) is 2. The van der Waals surface area contributed by atoms with Gasteiger partial charge in [-0.2, -0.15) is 0 Å². The van der Waals surface area contributed by atoms with Crippen LogP contribution in [0.2, 0.25) is 0 Å². The summed E-state index contributed by atoms with van der Waals surface area (Å²) in [5, 5.41) is 11.5. The minimum Gasteiger partial charge on any atom is -0.395 e. The molecule has 2 fully saturated rings. The maximum atomic E-state index is 13.4. The first-order valence-electron chi connectivity index (χ1n) is 13.0. The van der Waals surface area contributed by atoms with Gasteiger partial charge in [-0.25, -0.2) is 13.2 Å². The van der Waals surface area contributed by atoms with Crippen molar-refractivity contribution < 1.29 is 23.1 Å². The van der Waals surface area contributed by atoms with Gasteiger partial charge in [0.15, 0.2) is 17.5 Å². The summed E-state index contributed by atoms with van der Waals surface area (Å²) < 4.78 is 40.0. The number of aromatic amines is 1. The van der Waals surface area contributed by atoms with Gasteiger partial charge in [0.05, 0.1) is 6.61 Å². The molecule has 5 nitrogen and oxygen atoms in total. The molecule has 1 aromatic heterocycles. The number of aromatic nitrogens is 1. The number of amides is 1. The minimum absolute atomic E-state index is 0.0712. The number of H-pyrrole nitrogens is 1. The highest BCUT2D eigenvalue weighted by molar-refractivity contribution is 5.91. The Bertz CT molecular complexity index is 1250. The molecular formula is C29H32F3N3O2. The molecule has 2 N–H and O–H groups in total. The van der Waals surface area contributed by atoms with Crippen molar-refractivity contribution in [2.24, 2.45) is 5.92 Å². The number of piperidine rings is 2. The maximum absolute atomic E-state index is 13.4. The molecule has 1 atom stereocenters. The molecule has 3 heterocycles. The Morgan fingerprint density at radius 3 is 2.38 bits per heavy atom. The Morgan fingerprint density at radius 2 is 1.70 bits per heavy atom. The van der Waals surface area contributed by atoms with E-state index in [1.807, 2.05) is 6.07 Å².